The average Bonchev–Trinajstić information content (AvgIpc) is 3.23. The van der Waals surface area contributed by atoms with Gasteiger partial charge in [0.1, 0.15) is 11.9 Å². The molecule has 31 heavy (non-hydrogen) atoms. The van der Waals surface area contributed by atoms with Gasteiger partial charge in [0.15, 0.2) is 0 Å². The number of fused-ring (bicyclic) bond motifs is 1. The van der Waals surface area contributed by atoms with Gasteiger partial charge in [0.05, 0.1) is 16.0 Å². The van der Waals surface area contributed by atoms with Gasteiger partial charge in [0.25, 0.3) is 0 Å². The van der Waals surface area contributed by atoms with E-state index in [1.54, 1.807) is 5.01 Å². The number of halogens is 3. The second kappa shape index (κ2) is 7.79. The Bertz CT molecular complexity index is 1020. The predicted molar refractivity (Wildman–Crippen MR) is 112 cm³/mol. The molecule has 1 aromatic carbocycles. The van der Waals surface area contributed by atoms with Crippen molar-refractivity contribution in [3.8, 4) is 16.2 Å². The molecule has 5 nitrogen and oxygen atoms in total. The van der Waals surface area contributed by atoms with Crippen molar-refractivity contribution in [3.63, 3.8) is 0 Å². The summed E-state index contributed by atoms with van der Waals surface area (Å²) in [4.78, 5) is 13.7. The smallest absolute Gasteiger partial charge is 0.416 e. The van der Waals surface area contributed by atoms with Crippen molar-refractivity contribution in [1.82, 2.24) is 5.01 Å². The highest BCUT2D eigenvalue weighted by Gasteiger charge is 2.36. The number of carbonyl (C=O) groups is 1. The molecule has 0 bridgehead atoms. The van der Waals surface area contributed by atoms with E-state index in [0.29, 0.717) is 36.4 Å². The number of benzene rings is 1. The molecule has 1 fully saturated rings. The molecule has 9 heteroatoms. The van der Waals surface area contributed by atoms with E-state index in [-0.39, 0.29) is 22.8 Å². The third-order valence-electron chi connectivity index (χ3n) is 6.01. The van der Waals surface area contributed by atoms with E-state index in [4.69, 9.17) is 10.6 Å². The SMILES string of the molecule is CC1(C)CCc2sc(-c3ccc(C(F)(F)F)cc3O[C@H]3CCN(N)C3)c(C(=O)O)c2C1. The lowest BCUT2D eigenvalue weighted by Gasteiger charge is -2.29. The number of ether oxygens (including phenoxy) is 1. The number of hydrazine groups is 1. The van der Waals surface area contributed by atoms with Crippen LogP contribution in [0.25, 0.3) is 10.4 Å². The first kappa shape index (κ1) is 22.1. The number of thiophene rings is 1. The largest absolute Gasteiger partial charge is 0.488 e. The van der Waals surface area contributed by atoms with E-state index in [9.17, 15) is 23.1 Å². The fraction of sp³-hybridized carbons (Fsp3) is 0.500. The van der Waals surface area contributed by atoms with Gasteiger partial charge >= 0.3 is 12.1 Å². The van der Waals surface area contributed by atoms with Crippen molar-refractivity contribution in [1.29, 1.82) is 0 Å². The molecule has 3 N–H and O–H groups in total. The van der Waals surface area contributed by atoms with Crippen molar-refractivity contribution in [2.45, 2.75) is 51.8 Å². The Kier molecular flexibility index (Phi) is 5.56. The maximum atomic E-state index is 13.4. The molecule has 1 aromatic heterocycles. The normalized spacial score (nSPS) is 21.2. The molecule has 0 amide bonds. The zero-order valence-electron chi connectivity index (χ0n) is 17.4. The van der Waals surface area contributed by atoms with Crippen LogP contribution in [0.3, 0.4) is 0 Å². The molecule has 2 aromatic rings. The van der Waals surface area contributed by atoms with E-state index < -0.39 is 17.7 Å². The second-order valence-corrected chi connectivity index (χ2v) is 10.2. The number of nitrogens with two attached hydrogens (primary N) is 1. The maximum absolute atomic E-state index is 13.4. The number of carboxylic acids is 1. The number of aromatic carboxylic acids is 1. The van der Waals surface area contributed by atoms with E-state index in [1.165, 1.54) is 17.4 Å². The first-order valence-corrected chi connectivity index (χ1v) is 11.0. The highest BCUT2D eigenvalue weighted by molar-refractivity contribution is 7.16. The second-order valence-electron chi connectivity index (χ2n) is 9.09. The van der Waals surface area contributed by atoms with Crippen LogP contribution in [0.1, 0.15) is 53.1 Å². The van der Waals surface area contributed by atoms with Gasteiger partial charge in [0.2, 0.25) is 0 Å². The summed E-state index contributed by atoms with van der Waals surface area (Å²) in [5, 5.41) is 11.6. The molecular weight excluding hydrogens is 429 g/mol. The van der Waals surface area contributed by atoms with E-state index >= 15 is 0 Å². The lowest BCUT2D eigenvalue weighted by molar-refractivity contribution is -0.137. The first-order valence-electron chi connectivity index (χ1n) is 10.2. The van der Waals surface area contributed by atoms with Gasteiger partial charge in [-0.2, -0.15) is 13.2 Å². The lowest BCUT2D eigenvalue weighted by Crippen LogP contribution is -2.30. The zero-order valence-corrected chi connectivity index (χ0v) is 18.2. The quantitative estimate of drug-likeness (QED) is 0.638. The summed E-state index contributed by atoms with van der Waals surface area (Å²) in [5.74, 6) is 4.77. The third kappa shape index (κ3) is 4.44. The maximum Gasteiger partial charge on any atom is 0.416 e. The highest BCUT2D eigenvalue weighted by Crippen LogP contribution is 2.48. The van der Waals surface area contributed by atoms with Crippen LogP contribution in [0.5, 0.6) is 5.75 Å². The van der Waals surface area contributed by atoms with Crippen molar-refractivity contribution < 1.29 is 27.8 Å². The molecule has 0 spiro atoms. The number of alkyl halides is 3. The first-order chi connectivity index (χ1) is 14.4. The monoisotopic (exact) mass is 454 g/mol. The van der Waals surface area contributed by atoms with Crippen molar-refractivity contribution in [3.05, 3.63) is 39.8 Å². The molecule has 0 unspecified atom stereocenters. The number of hydrogen-bond donors (Lipinski definition) is 2. The van der Waals surface area contributed by atoms with Gasteiger partial charge in [-0.25, -0.2) is 9.80 Å². The van der Waals surface area contributed by atoms with Crippen molar-refractivity contribution in [2.75, 3.05) is 13.1 Å². The van der Waals surface area contributed by atoms with Crippen LogP contribution < -0.4 is 10.6 Å². The fourth-order valence-corrected chi connectivity index (χ4v) is 5.69. The summed E-state index contributed by atoms with van der Waals surface area (Å²) in [6.45, 7) is 5.19. The molecule has 1 saturated heterocycles. The summed E-state index contributed by atoms with van der Waals surface area (Å²) in [7, 11) is 0. The summed E-state index contributed by atoms with van der Waals surface area (Å²) >= 11 is 1.35. The Balaban J connectivity index is 1.84. The number of hydrogen-bond acceptors (Lipinski definition) is 5. The summed E-state index contributed by atoms with van der Waals surface area (Å²) in [5.41, 5.74) is 0.516. The van der Waals surface area contributed by atoms with Gasteiger partial charge in [-0.3, -0.25) is 5.84 Å². The topological polar surface area (TPSA) is 75.8 Å². The average molecular weight is 455 g/mol. The zero-order chi connectivity index (χ0) is 22.6. The Hall–Kier alpha value is -2.10. The van der Waals surface area contributed by atoms with Crippen LogP contribution >= 0.6 is 11.3 Å². The minimum Gasteiger partial charge on any atom is -0.488 e. The number of nitrogens with zero attached hydrogens (tertiary/aromatic N) is 1. The molecular formula is C22H25F3N2O3S. The summed E-state index contributed by atoms with van der Waals surface area (Å²) < 4.78 is 46.1. The van der Waals surface area contributed by atoms with E-state index in [1.807, 2.05) is 0 Å². The van der Waals surface area contributed by atoms with Crippen LogP contribution in [0.2, 0.25) is 0 Å². The lowest BCUT2D eigenvalue weighted by atomic mass is 9.76. The van der Waals surface area contributed by atoms with Crippen LogP contribution in [0.15, 0.2) is 18.2 Å². The van der Waals surface area contributed by atoms with E-state index in [0.717, 1.165) is 35.4 Å². The summed E-state index contributed by atoms with van der Waals surface area (Å²) in [6.07, 6.45) is -1.97. The van der Waals surface area contributed by atoms with Crippen molar-refractivity contribution >= 4 is 17.3 Å². The van der Waals surface area contributed by atoms with Crippen LogP contribution in [0.4, 0.5) is 13.2 Å². The minimum absolute atomic E-state index is 0.0244. The Morgan fingerprint density at radius 3 is 2.71 bits per heavy atom. The van der Waals surface area contributed by atoms with Gasteiger partial charge in [0, 0.05) is 23.5 Å². The van der Waals surface area contributed by atoms with Crippen LogP contribution in [-0.4, -0.2) is 35.3 Å². The standard InChI is InChI=1S/C22H25F3N2O3S/c1-21(2)7-5-17-15(10-21)18(20(28)29)19(31-17)14-4-3-12(22(23,24)25)9-16(14)30-13-6-8-27(26)11-13/h3-4,9,13H,5-8,10-11,26H2,1-2H3,(H,28,29)/t13-/m0/s1. The molecule has 1 aliphatic carbocycles. The Morgan fingerprint density at radius 1 is 1.35 bits per heavy atom. The van der Waals surface area contributed by atoms with Crippen LogP contribution in [0, 0.1) is 5.41 Å². The Labute approximate surface area is 182 Å². The number of aryl methyl sites for hydroxylation is 1. The number of carboxylic acid groups (broad SMARTS) is 1. The minimum atomic E-state index is -4.53. The molecule has 1 atom stereocenters. The van der Waals surface area contributed by atoms with Crippen LogP contribution in [-0.2, 0) is 19.0 Å². The molecule has 4 rings (SSSR count). The Morgan fingerprint density at radius 2 is 2.10 bits per heavy atom. The summed E-state index contributed by atoms with van der Waals surface area (Å²) in [6, 6.07) is 3.30. The number of rotatable bonds is 4. The van der Waals surface area contributed by atoms with Gasteiger partial charge in [-0.15, -0.1) is 11.3 Å². The van der Waals surface area contributed by atoms with Crippen molar-refractivity contribution in [2.24, 2.45) is 11.3 Å². The predicted octanol–water partition coefficient (Wildman–Crippen LogP) is 4.97. The molecule has 1 aliphatic heterocycles. The third-order valence-corrected chi connectivity index (χ3v) is 7.34. The molecule has 0 saturated carbocycles. The van der Waals surface area contributed by atoms with Gasteiger partial charge < -0.3 is 9.84 Å². The van der Waals surface area contributed by atoms with Gasteiger partial charge in [-0.05, 0) is 54.9 Å². The van der Waals surface area contributed by atoms with E-state index in [2.05, 4.69) is 13.8 Å². The highest BCUT2D eigenvalue weighted by atomic mass is 32.1. The molecule has 2 heterocycles. The molecule has 0 radical (unpaired) electrons. The van der Waals surface area contributed by atoms with Gasteiger partial charge in [-0.1, -0.05) is 13.8 Å². The fourth-order valence-electron chi connectivity index (χ4n) is 4.35. The molecule has 2 aliphatic rings. The molecule has 168 valence electrons.